The molecule has 2 amide bonds. The summed E-state index contributed by atoms with van der Waals surface area (Å²) in [6.45, 7) is 9.22. The van der Waals surface area contributed by atoms with Crippen LogP contribution in [0.4, 0.5) is 0 Å². The zero-order valence-electron chi connectivity index (χ0n) is 14.7. The lowest BCUT2D eigenvalue weighted by molar-refractivity contribution is -0.129. The minimum Gasteiger partial charge on any atom is -0.379 e. The molecule has 0 aromatic heterocycles. The number of carbonyl (C=O) groups excluding carboxylic acids is 2. The second kappa shape index (κ2) is 9.00. The van der Waals surface area contributed by atoms with Gasteiger partial charge in [-0.2, -0.15) is 5.26 Å². The minimum atomic E-state index is -0.477. The predicted molar refractivity (Wildman–Crippen MR) is 88.9 cm³/mol. The number of ether oxygens (including phenoxy) is 1. The Bertz CT molecular complexity index is 483. The summed E-state index contributed by atoms with van der Waals surface area (Å²) in [6.07, 6.45) is 0.873. The van der Waals surface area contributed by atoms with Crippen LogP contribution in [0.3, 0.4) is 0 Å². The number of nitriles is 1. The van der Waals surface area contributed by atoms with Gasteiger partial charge in [-0.05, 0) is 12.3 Å². The van der Waals surface area contributed by atoms with Crippen LogP contribution in [0.1, 0.15) is 26.7 Å². The van der Waals surface area contributed by atoms with Crippen molar-refractivity contribution in [2.45, 2.75) is 32.7 Å². The van der Waals surface area contributed by atoms with Crippen LogP contribution in [0.15, 0.2) is 0 Å². The number of amides is 2. The number of carbonyl (C=O) groups is 2. The molecule has 1 N–H and O–H groups in total. The van der Waals surface area contributed by atoms with E-state index in [2.05, 4.69) is 16.3 Å². The van der Waals surface area contributed by atoms with Gasteiger partial charge in [-0.15, -0.1) is 0 Å². The maximum atomic E-state index is 12.3. The van der Waals surface area contributed by atoms with E-state index in [1.165, 1.54) is 0 Å². The summed E-state index contributed by atoms with van der Waals surface area (Å²) in [6, 6.07) is 1.65. The monoisotopic (exact) mass is 336 g/mol. The van der Waals surface area contributed by atoms with E-state index in [0.29, 0.717) is 25.4 Å². The largest absolute Gasteiger partial charge is 0.379 e. The van der Waals surface area contributed by atoms with Gasteiger partial charge in [-0.1, -0.05) is 13.8 Å². The van der Waals surface area contributed by atoms with Gasteiger partial charge in [0.2, 0.25) is 11.8 Å². The smallest absolute Gasteiger partial charge is 0.226 e. The number of hydrogen-bond acceptors (Lipinski definition) is 5. The van der Waals surface area contributed by atoms with Gasteiger partial charge in [0, 0.05) is 39.1 Å². The Hall–Kier alpha value is -1.65. The quantitative estimate of drug-likeness (QED) is 0.719. The summed E-state index contributed by atoms with van der Waals surface area (Å²) in [4.78, 5) is 28.5. The number of nitrogens with zero attached hydrogens (tertiary/aromatic N) is 3. The van der Waals surface area contributed by atoms with Gasteiger partial charge in [0.1, 0.15) is 6.04 Å². The molecule has 2 aliphatic heterocycles. The van der Waals surface area contributed by atoms with E-state index >= 15 is 0 Å². The van der Waals surface area contributed by atoms with E-state index in [-0.39, 0.29) is 24.2 Å². The summed E-state index contributed by atoms with van der Waals surface area (Å²) in [5.41, 5.74) is 0. The fraction of sp³-hybridized carbons (Fsp3) is 0.824. The molecule has 7 nitrogen and oxygen atoms in total. The summed E-state index contributed by atoms with van der Waals surface area (Å²) >= 11 is 0. The third-order valence-corrected chi connectivity index (χ3v) is 4.55. The van der Waals surface area contributed by atoms with Crippen LogP contribution in [0.5, 0.6) is 0 Å². The molecule has 0 bridgehead atoms. The second-order valence-electron chi connectivity index (χ2n) is 7.01. The lowest BCUT2D eigenvalue weighted by Gasteiger charge is -2.28. The van der Waals surface area contributed by atoms with E-state index < -0.39 is 6.04 Å². The number of nitrogens with one attached hydrogen (secondary N) is 1. The van der Waals surface area contributed by atoms with E-state index in [9.17, 15) is 9.59 Å². The minimum absolute atomic E-state index is 0.0285. The van der Waals surface area contributed by atoms with E-state index in [0.717, 1.165) is 32.8 Å². The Kier molecular flexibility index (Phi) is 7.00. The van der Waals surface area contributed by atoms with Crippen LogP contribution in [0, 0.1) is 23.2 Å². The predicted octanol–water partition coefficient (Wildman–Crippen LogP) is 0.222. The number of rotatable bonds is 7. The average Bonchev–Trinajstić information content (AvgIpc) is 2.94. The highest BCUT2D eigenvalue weighted by atomic mass is 16.5. The van der Waals surface area contributed by atoms with Crippen molar-refractivity contribution >= 4 is 11.8 Å². The van der Waals surface area contributed by atoms with Crippen molar-refractivity contribution in [1.82, 2.24) is 15.1 Å². The zero-order chi connectivity index (χ0) is 17.5. The summed E-state index contributed by atoms with van der Waals surface area (Å²) in [5, 5.41) is 11.9. The lowest BCUT2D eigenvalue weighted by Crippen LogP contribution is -2.42. The first-order chi connectivity index (χ1) is 11.5. The molecule has 0 radical (unpaired) electrons. The van der Waals surface area contributed by atoms with Crippen molar-refractivity contribution in [2.24, 2.45) is 11.8 Å². The molecule has 2 atom stereocenters. The van der Waals surface area contributed by atoms with Gasteiger partial charge in [0.25, 0.3) is 0 Å². The molecule has 0 saturated carbocycles. The fourth-order valence-corrected chi connectivity index (χ4v) is 3.16. The molecule has 134 valence electrons. The number of likely N-dealkylation sites (tertiary alicyclic amines) is 1. The molecule has 7 heteroatoms. The number of hydrogen-bond donors (Lipinski definition) is 1. The highest BCUT2D eigenvalue weighted by Gasteiger charge is 2.35. The van der Waals surface area contributed by atoms with Crippen molar-refractivity contribution < 1.29 is 14.3 Å². The van der Waals surface area contributed by atoms with Crippen LogP contribution in [-0.4, -0.2) is 73.6 Å². The molecule has 0 spiro atoms. The Morgan fingerprint density at radius 2 is 2.08 bits per heavy atom. The van der Waals surface area contributed by atoms with E-state index in [4.69, 9.17) is 10.00 Å². The van der Waals surface area contributed by atoms with Crippen molar-refractivity contribution in [1.29, 1.82) is 5.26 Å². The van der Waals surface area contributed by atoms with E-state index in [1.54, 1.807) is 4.90 Å². The van der Waals surface area contributed by atoms with Crippen LogP contribution < -0.4 is 5.32 Å². The molecule has 2 aliphatic rings. The van der Waals surface area contributed by atoms with Gasteiger partial charge >= 0.3 is 0 Å². The van der Waals surface area contributed by atoms with Gasteiger partial charge < -0.3 is 15.0 Å². The first-order valence-corrected chi connectivity index (χ1v) is 8.77. The molecule has 0 aromatic carbocycles. The van der Waals surface area contributed by atoms with Crippen molar-refractivity contribution in [2.75, 3.05) is 45.9 Å². The molecule has 2 heterocycles. The molecule has 0 aromatic rings. The Balaban J connectivity index is 1.78. The van der Waals surface area contributed by atoms with Gasteiger partial charge in [0.15, 0.2) is 0 Å². The molecular weight excluding hydrogens is 308 g/mol. The maximum absolute atomic E-state index is 12.3. The van der Waals surface area contributed by atoms with Gasteiger partial charge in [-0.3, -0.25) is 14.5 Å². The first kappa shape index (κ1) is 18.7. The van der Waals surface area contributed by atoms with Crippen LogP contribution >= 0.6 is 0 Å². The van der Waals surface area contributed by atoms with Crippen LogP contribution in [0.25, 0.3) is 0 Å². The Morgan fingerprint density at radius 1 is 1.38 bits per heavy atom. The lowest BCUT2D eigenvalue weighted by atomic mass is 10.0. The number of morpholine rings is 1. The third kappa shape index (κ3) is 5.46. The third-order valence-electron chi connectivity index (χ3n) is 4.55. The summed E-state index contributed by atoms with van der Waals surface area (Å²) in [5.74, 6) is -0.152. The second-order valence-corrected chi connectivity index (χ2v) is 7.01. The van der Waals surface area contributed by atoms with Gasteiger partial charge in [0.05, 0.1) is 25.2 Å². The fourth-order valence-electron chi connectivity index (χ4n) is 3.16. The summed E-state index contributed by atoms with van der Waals surface area (Å²) in [7, 11) is 0. The normalized spacial score (nSPS) is 23.3. The Morgan fingerprint density at radius 3 is 2.71 bits per heavy atom. The van der Waals surface area contributed by atoms with Crippen LogP contribution in [0.2, 0.25) is 0 Å². The summed E-state index contributed by atoms with van der Waals surface area (Å²) < 4.78 is 5.31. The van der Waals surface area contributed by atoms with Crippen molar-refractivity contribution in [3.05, 3.63) is 0 Å². The van der Waals surface area contributed by atoms with Crippen molar-refractivity contribution in [3.8, 4) is 6.07 Å². The van der Waals surface area contributed by atoms with Crippen LogP contribution in [-0.2, 0) is 14.3 Å². The molecule has 2 rings (SSSR count). The first-order valence-electron chi connectivity index (χ1n) is 8.77. The SMILES string of the molecule is CC(C)C[C@@H](C#N)NC(=O)[C@@H]1CC(=O)N(CCN2CCOCC2)C1. The topological polar surface area (TPSA) is 85.7 Å². The molecule has 2 fully saturated rings. The highest BCUT2D eigenvalue weighted by Crippen LogP contribution is 2.18. The molecule has 24 heavy (non-hydrogen) atoms. The van der Waals surface area contributed by atoms with E-state index in [1.807, 2.05) is 13.8 Å². The Labute approximate surface area is 143 Å². The van der Waals surface area contributed by atoms with Crippen molar-refractivity contribution in [3.63, 3.8) is 0 Å². The highest BCUT2D eigenvalue weighted by molar-refractivity contribution is 5.89. The molecule has 0 unspecified atom stereocenters. The standard InChI is InChI=1S/C17H28N4O3/c1-13(2)9-15(11-18)19-17(23)14-10-16(22)21(12-14)4-3-20-5-7-24-8-6-20/h13-15H,3-10,12H2,1-2H3,(H,19,23)/t14-,15+/m1/s1. The van der Waals surface area contributed by atoms with Gasteiger partial charge in [-0.25, -0.2) is 0 Å². The maximum Gasteiger partial charge on any atom is 0.226 e. The zero-order valence-corrected chi connectivity index (χ0v) is 14.7. The molecule has 0 aliphatic carbocycles. The molecular formula is C17H28N4O3. The average molecular weight is 336 g/mol. The molecule has 2 saturated heterocycles.